The monoisotopic (exact) mass is 299 g/mol. The SMILES string of the molecule is C=C(C)CNS(=O)(=O)c1ccc(OCC)c(OCC)c1. The number of ether oxygens (including phenoxy) is 2. The topological polar surface area (TPSA) is 64.6 Å². The molecule has 0 aliphatic heterocycles. The lowest BCUT2D eigenvalue weighted by Gasteiger charge is -2.13. The van der Waals surface area contributed by atoms with Crippen LogP contribution in [-0.2, 0) is 10.0 Å². The molecule has 1 rings (SSSR count). The minimum absolute atomic E-state index is 0.144. The van der Waals surface area contributed by atoms with E-state index in [1.54, 1.807) is 13.0 Å². The number of hydrogen-bond donors (Lipinski definition) is 1. The first-order chi connectivity index (χ1) is 9.40. The summed E-state index contributed by atoms with van der Waals surface area (Å²) in [5.41, 5.74) is 0.740. The molecule has 0 unspecified atom stereocenters. The number of hydrogen-bond acceptors (Lipinski definition) is 4. The Hall–Kier alpha value is -1.53. The average Bonchev–Trinajstić information content (AvgIpc) is 2.39. The molecular formula is C14H21NO4S. The Labute approximate surface area is 120 Å². The van der Waals surface area contributed by atoms with Crippen LogP contribution in [0.4, 0.5) is 0 Å². The van der Waals surface area contributed by atoms with Gasteiger partial charge < -0.3 is 9.47 Å². The second kappa shape index (κ2) is 7.31. The number of benzene rings is 1. The number of rotatable bonds is 8. The molecule has 1 aromatic carbocycles. The van der Waals surface area contributed by atoms with Gasteiger partial charge in [-0.15, -0.1) is 0 Å². The molecule has 5 nitrogen and oxygen atoms in total. The van der Waals surface area contributed by atoms with Crippen LogP contribution < -0.4 is 14.2 Å². The van der Waals surface area contributed by atoms with Gasteiger partial charge in [0.05, 0.1) is 18.1 Å². The van der Waals surface area contributed by atoms with Crippen molar-refractivity contribution >= 4 is 10.0 Å². The molecule has 1 N–H and O–H groups in total. The maximum atomic E-state index is 12.1. The van der Waals surface area contributed by atoms with Gasteiger partial charge in [-0.05, 0) is 32.9 Å². The Morgan fingerprint density at radius 1 is 1.20 bits per heavy atom. The summed E-state index contributed by atoms with van der Waals surface area (Å²) in [4.78, 5) is 0.144. The Bertz CT molecular complexity index is 567. The summed E-state index contributed by atoms with van der Waals surface area (Å²) in [5.74, 6) is 0.959. The van der Waals surface area contributed by atoms with Crippen LogP contribution in [0.25, 0.3) is 0 Å². The van der Waals surface area contributed by atoms with Crippen molar-refractivity contribution in [1.29, 1.82) is 0 Å². The zero-order chi connectivity index (χ0) is 15.2. The Balaban J connectivity index is 3.06. The van der Waals surface area contributed by atoms with E-state index in [9.17, 15) is 8.42 Å². The van der Waals surface area contributed by atoms with E-state index in [2.05, 4.69) is 11.3 Å². The zero-order valence-electron chi connectivity index (χ0n) is 12.1. The lowest BCUT2D eigenvalue weighted by molar-refractivity contribution is 0.287. The second-order valence-corrected chi connectivity index (χ2v) is 6.02. The largest absolute Gasteiger partial charge is 0.490 e. The highest BCUT2D eigenvalue weighted by Gasteiger charge is 2.16. The maximum Gasteiger partial charge on any atom is 0.240 e. The molecule has 0 amide bonds. The summed E-state index contributed by atoms with van der Waals surface area (Å²) in [5, 5.41) is 0. The molecule has 0 saturated carbocycles. The lowest BCUT2D eigenvalue weighted by atomic mass is 10.3. The van der Waals surface area contributed by atoms with Gasteiger partial charge in [-0.1, -0.05) is 12.2 Å². The average molecular weight is 299 g/mol. The van der Waals surface area contributed by atoms with Crippen LogP contribution in [0.5, 0.6) is 11.5 Å². The molecule has 0 saturated heterocycles. The molecule has 0 spiro atoms. The highest BCUT2D eigenvalue weighted by atomic mass is 32.2. The van der Waals surface area contributed by atoms with Gasteiger partial charge in [-0.2, -0.15) is 0 Å². The Morgan fingerprint density at radius 2 is 1.80 bits per heavy atom. The van der Waals surface area contributed by atoms with E-state index >= 15 is 0 Å². The third-order valence-corrected chi connectivity index (χ3v) is 3.79. The van der Waals surface area contributed by atoms with Crippen LogP contribution >= 0.6 is 0 Å². The van der Waals surface area contributed by atoms with E-state index in [1.807, 2.05) is 13.8 Å². The van der Waals surface area contributed by atoms with Crippen molar-refractivity contribution in [3.05, 3.63) is 30.4 Å². The van der Waals surface area contributed by atoms with Gasteiger partial charge in [0, 0.05) is 12.6 Å². The van der Waals surface area contributed by atoms with Crippen LogP contribution in [-0.4, -0.2) is 28.2 Å². The van der Waals surface area contributed by atoms with Crippen molar-refractivity contribution in [1.82, 2.24) is 4.72 Å². The molecule has 0 aromatic heterocycles. The van der Waals surface area contributed by atoms with Crippen molar-refractivity contribution < 1.29 is 17.9 Å². The van der Waals surface area contributed by atoms with Gasteiger partial charge in [0.1, 0.15) is 0 Å². The normalized spacial score (nSPS) is 11.2. The van der Waals surface area contributed by atoms with E-state index in [4.69, 9.17) is 9.47 Å². The van der Waals surface area contributed by atoms with Crippen molar-refractivity contribution in [2.75, 3.05) is 19.8 Å². The fourth-order valence-electron chi connectivity index (χ4n) is 1.50. The van der Waals surface area contributed by atoms with Crippen molar-refractivity contribution in [2.24, 2.45) is 0 Å². The molecule has 0 heterocycles. The van der Waals surface area contributed by atoms with Gasteiger partial charge >= 0.3 is 0 Å². The van der Waals surface area contributed by atoms with E-state index < -0.39 is 10.0 Å². The quantitative estimate of drug-likeness (QED) is 0.748. The van der Waals surface area contributed by atoms with E-state index in [0.29, 0.717) is 24.7 Å². The van der Waals surface area contributed by atoms with Crippen molar-refractivity contribution in [2.45, 2.75) is 25.7 Å². The molecule has 112 valence electrons. The summed E-state index contributed by atoms with van der Waals surface area (Å²) < 4.78 is 37.5. The van der Waals surface area contributed by atoms with Gasteiger partial charge in [-0.25, -0.2) is 13.1 Å². The highest BCUT2D eigenvalue weighted by Crippen LogP contribution is 2.30. The Kier molecular flexibility index (Phi) is 6.04. The van der Waals surface area contributed by atoms with Crippen LogP contribution in [0.3, 0.4) is 0 Å². The van der Waals surface area contributed by atoms with E-state index in [0.717, 1.165) is 5.57 Å². The molecule has 0 radical (unpaired) electrons. The third-order valence-electron chi connectivity index (χ3n) is 2.39. The minimum atomic E-state index is -3.57. The Morgan fingerprint density at radius 3 is 2.35 bits per heavy atom. The molecule has 6 heteroatoms. The minimum Gasteiger partial charge on any atom is -0.490 e. The molecule has 0 aliphatic rings. The first-order valence-electron chi connectivity index (χ1n) is 6.44. The third kappa shape index (κ3) is 4.54. The maximum absolute atomic E-state index is 12.1. The van der Waals surface area contributed by atoms with E-state index in [1.165, 1.54) is 12.1 Å². The predicted molar refractivity (Wildman–Crippen MR) is 78.8 cm³/mol. The lowest BCUT2D eigenvalue weighted by Crippen LogP contribution is -2.25. The van der Waals surface area contributed by atoms with Crippen molar-refractivity contribution in [3.8, 4) is 11.5 Å². The van der Waals surface area contributed by atoms with Gasteiger partial charge in [0.15, 0.2) is 11.5 Å². The molecular weight excluding hydrogens is 278 g/mol. The number of sulfonamides is 1. The first kappa shape index (κ1) is 16.5. The van der Waals surface area contributed by atoms with Crippen LogP contribution in [0.15, 0.2) is 35.2 Å². The summed E-state index contributed by atoms with van der Waals surface area (Å²) in [7, 11) is -3.57. The molecule has 1 aromatic rings. The van der Waals surface area contributed by atoms with Crippen LogP contribution in [0, 0.1) is 0 Å². The predicted octanol–water partition coefficient (Wildman–Crippen LogP) is 2.34. The summed E-state index contributed by atoms with van der Waals surface area (Å²) in [6, 6.07) is 4.56. The molecule has 0 bridgehead atoms. The fraction of sp³-hybridized carbons (Fsp3) is 0.429. The smallest absolute Gasteiger partial charge is 0.240 e. The second-order valence-electron chi connectivity index (χ2n) is 4.26. The van der Waals surface area contributed by atoms with Gasteiger partial charge in [0.2, 0.25) is 10.0 Å². The molecule has 0 aliphatic carbocycles. The highest BCUT2D eigenvalue weighted by molar-refractivity contribution is 7.89. The van der Waals surface area contributed by atoms with E-state index in [-0.39, 0.29) is 11.4 Å². The first-order valence-corrected chi connectivity index (χ1v) is 7.92. The van der Waals surface area contributed by atoms with Crippen LogP contribution in [0.2, 0.25) is 0 Å². The molecule has 0 atom stereocenters. The summed E-state index contributed by atoms with van der Waals surface area (Å²) in [6.45, 7) is 10.2. The summed E-state index contributed by atoms with van der Waals surface area (Å²) >= 11 is 0. The van der Waals surface area contributed by atoms with Gasteiger partial charge in [0.25, 0.3) is 0 Å². The standard InChI is InChI=1S/C14H21NO4S/c1-5-18-13-8-7-12(9-14(13)19-6-2)20(16,17)15-10-11(3)4/h7-9,15H,3,5-6,10H2,1-2,4H3. The van der Waals surface area contributed by atoms with Crippen LogP contribution in [0.1, 0.15) is 20.8 Å². The zero-order valence-corrected chi connectivity index (χ0v) is 12.9. The fourth-order valence-corrected chi connectivity index (χ4v) is 2.61. The summed E-state index contributed by atoms with van der Waals surface area (Å²) in [6.07, 6.45) is 0. The molecule has 20 heavy (non-hydrogen) atoms. The number of nitrogens with one attached hydrogen (secondary N) is 1. The van der Waals surface area contributed by atoms with Crippen molar-refractivity contribution in [3.63, 3.8) is 0 Å². The van der Waals surface area contributed by atoms with Gasteiger partial charge in [-0.3, -0.25) is 0 Å². The molecule has 0 fully saturated rings.